The summed E-state index contributed by atoms with van der Waals surface area (Å²) >= 11 is 0. The van der Waals surface area contributed by atoms with E-state index in [-0.39, 0.29) is 18.7 Å². The van der Waals surface area contributed by atoms with Crippen molar-refractivity contribution in [2.75, 3.05) is 40.0 Å². The maximum absolute atomic E-state index is 11.2. The van der Waals surface area contributed by atoms with Crippen LogP contribution >= 0.6 is 0 Å². The highest BCUT2D eigenvalue weighted by molar-refractivity contribution is 5.70. The van der Waals surface area contributed by atoms with Gasteiger partial charge in [0.25, 0.3) is 0 Å². The first kappa shape index (κ1) is 13.4. The van der Waals surface area contributed by atoms with E-state index < -0.39 is 0 Å². The maximum atomic E-state index is 11.2. The molecule has 16 heavy (non-hydrogen) atoms. The summed E-state index contributed by atoms with van der Waals surface area (Å²) in [6.07, 6.45) is 2.87. The summed E-state index contributed by atoms with van der Waals surface area (Å²) in [6, 6.07) is 0. The third kappa shape index (κ3) is 6.05. The number of nitrogens with one attached hydrogen (secondary N) is 1. The monoisotopic (exact) mass is 231 g/mol. The van der Waals surface area contributed by atoms with Crippen LogP contribution in [0.15, 0.2) is 0 Å². The molecule has 1 saturated heterocycles. The van der Waals surface area contributed by atoms with Crippen molar-refractivity contribution in [3.05, 3.63) is 0 Å². The molecule has 0 unspecified atom stereocenters. The van der Waals surface area contributed by atoms with Gasteiger partial charge < -0.3 is 19.5 Å². The van der Waals surface area contributed by atoms with Crippen LogP contribution in [-0.4, -0.2) is 52.1 Å². The fraction of sp³-hybridized carbons (Fsp3) is 0.909. The first-order chi connectivity index (χ1) is 7.83. The first-order valence-corrected chi connectivity index (χ1v) is 5.80. The van der Waals surface area contributed by atoms with Crippen LogP contribution in [0.3, 0.4) is 0 Å². The lowest BCUT2D eigenvalue weighted by Crippen LogP contribution is -2.33. The largest absolute Gasteiger partial charge is 0.464 e. The Balaban J connectivity index is 1.96. The quantitative estimate of drug-likeness (QED) is 0.505. The van der Waals surface area contributed by atoms with Gasteiger partial charge in [-0.15, -0.1) is 0 Å². The molecule has 0 atom stereocenters. The molecule has 0 amide bonds. The van der Waals surface area contributed by atoms with Gasteiger partial charge in [-0.3, -0.25) is 0 Å². The van der Waals surface area contributed by atoms with E-state index in [0.717, 1.165) is 32.4 Å². The summed E-state index contributed by atoms with van der Waals surface area (Å²) in [5, 5.41) is 3.24. The van der Waals surface area contributed by atoms with Crippen molar-refractivity contribution in [3.8, 4) is 0 Å². The molecule has 1 fully saturated rings. The summed E-state index contributed by atoms with van der Waals surface area (Å²) in [5.41, 5.74) is 0. The third-order valence-corrected chi connectivity index (χ3v) is 2.48. The van der Waals surface area contributed by atoms with Crippen molar-refractivity contribution in [1.29, 1.82) is 0 Å². The second-order valence-electron chi connectivity index (χ2n) is 3.83. The van der Waals surface area contributed by atoms with Gasteiger partial charge in [-0.2, -0.15) is 0 Å². The summed E-state index contributed by atoms with van der Waals surface area (Å²) in [6.45, 7) is 3.02. The second kappa shape index (κ2) is 8.50. The van der Waals surface area contributed by atoms with Gasteiger partial charge in [0, 0.05) is 20.1 Å². The van der Waals surface area contributed by atoms with Crippen molar-refractivity contribution >= 4 is 5.97 Å². The predicted molar refractivity (Wildman–Crippen MR) is 59.3 cm³/mol. The first-order valence-electron chi connectivity index (χ1n) is 5.80. The number of hydrogen-bond donors (Lipinski definition) is 1. The smallest absolute Gasteiger partial charge is 0.332 e. The Morgan fingerprint density at radius 2 is 2.06 bits per heavy atom. The van der Waals surface area contributed by atoms with E-state index in [0.29, 0.717) is 13.2 Å². The summed E-state index contributed by atoms with van der Waals surface area (Å²) in [5.74, 6) is -0.283. The molecule has 5 heteroatoms. The Morgan fingerprint density at radius 1 is 1.31 bits per heavy atom. The molecule has 1 aliphatic heterocycles. The van der Waals surface area contributed by atoms with Crippen LogP contribution in [0.1, 0.15) is 19.3 Å². The number of carbonyl (C=O) groups excluding carboxylic acids is 1. The molecule has 0 radical (unpaired) electrons. The molecule has 5 nitrogen and oxygen atoms in total. The van der Waals surface area contributed by atoms with E-state index in [4.69, 9.17) is 14.2 Å². The minimum Gasteiger partial charge on any atom is -0.464 e. The molecule has 0 bridgehead atoms. The molecule has 1 aliphatic rings. The maximum Gasteiger partial charge on any atom is 0.332 e. The highest BCUT2D eigenvalue weighted by Gasteiger charge is 2.15. The fourth-order valence-electron chi connectivity index (χ4n) is 1.58. The molecule has 1 heterocycles. The molecule has 1 rings (SSSR count). The number of piperidine rings is 1. The number of carbonyl (C=O) groups is 1. The van der Waals surface area contributed by atoms with Gasteiger partial charge in [0.2, 0.25) is 0 Å². The zero-order valence-corrected chi connectivity index (χ0v) is 9.87. The molecular weight excluding hydrogens is 210 g/mol. The van der Waals surface area contributed by atoms with Crippen LogP contribution in [-0.2, 0) is 19.0 Å². The molecule has 0 saturated carbocycles. The molecular formula is C11H21NO4. The molecule has 0 aromatic heterocycles. The predicted octanol–water partition coefficient (Wildman–Crippen LogP) is 0.335. The average molecular weight is 231 g/mol. The number of rotatable bonds is 7. The molecule has 1 N–H and O–H groups in total. The second-order valence-corrected chi connectivity index (χ2v) is 3.83. The molecule has 0 aliphatic carbocycles. The lowest BCUT2D eigenvalue weighted by atomic mass is 10.1. The van der Waals surface area contributed by atoms with Crippen molar-refractivity contribution < 1.29 is 19.0 Å². The number of ether oxygens (including phenoxy) is 3. The van der Waals surface area contributed by atoms with Gasteiger partial charge in [0.1, 0.15) is 6.61 Å². The Hall–Kier alpha value is -0.650. The third-order valence-electron chi connectivity index (χ3n) is 2.48. The van der Waals surface area contributed by atoms with Gasteiger partial charge in [0.15, 0.2) is 0 Å². The van der Waals surface area contributed by atoms with E-state index in [9.17, 15) is 4.79 Å². The van der Waals surface area contributed by atoms with Crippen LogP contribution in [0.4, 0.5) is 0 Å². The highest BCUT2D eigenvalue weighted by Crippen LogP contribution is 2.06. The van der Waals surface area contributed by atoms with E-state index in [1.54, 1.807) is 7.11 Å². The van der Waals surface area contributed by atoms with Gasteiger partial charge in [0.05, 0.1) is 12.7 Å². The van der Waals surface area contributed by atoms with E-state index in [1.165, 1.54) is 0 Å². The van der Waals surface area contributed by atoms with Crippen molar-refractivity contribution in [3.63, 3.8) is 0 Å². The Morgan fingerprint density at radius 3 is 2.75 bits per heavy atom. The van der Waals surface area contributed by atoms with Crippen molar-refractivity contribution in [2.45, 2.75) is 25.4 Å². The number of hydrogen-bond acceptors (Lipinski definition) is 5. The average Bonchev–Trinajstić information content (AvgIpc) is 2.33. The topological polar surface area (TPSA) is 56.8 Å². The fourth-order valence-corrected chi connectivity index (χ4v) is 1.58. The Bertz CT molecular complexity index is 192. The minimum atomic E-state index is -0.283. The van der Waals surface area contributed by atoms with Gasteiger partial charge in [-0.05, 0) is 25.9 Å². The Labute approximate surface area is 96.4 Å². The van der Waals surface area contributed by atoms with Crippen LogP contribution in [0.2, 0.25) is 0 Å². The normalized spacial score (nSPS) is 17.3. The standard InChI is InChI=1S/C11H21NO4/c1-14-7-2-8-15-11(13)9-16-10-3-5-12-6-4-10/h10,12H,2-9H2,1H3. The SMILES string of the molecule is COCCCOC(=O)COC1CCNCC1. The van der Waals surface area contributed by atoms with Crippen LogP contribution in [0, 0.1) is 0 Å². The zero-order chi connectivity index (χ0) is 11.6. The van der Waals surface area contributed by atoms with Crippen LogP contribution < -0.4 is 5.32 Å². The lowest BCUT2D eigenvalue weighted by Gasteiger charge is -2.22. The minimum absolute atomic E-state index is 0.0671. The molecule has 0 spiro atoms. The summed E-state index contributed by atoms with van der Waals surface area (Å²) in [4.78, 5) is 11.2. The Kier molecular flexibility index (Phi) is 7.12. The lowest BCUT2D eigenvalue weighted by molar-refractivity contribution is -0.151. The van der Waals surface area contributed by atoms with Gasteiger partial charge >= 0.3 is 5.97 Å². The van der Waals surface area contributed by atoms with Crippen LogP contribution in [0.5, 0.6) is 0 Å². The van der Waals surface area contributed by atoms with Crippen molar-refractivity contribution in [1.82, 2.24) is 5.32 Å². The zero-order valence-electron chi connectivity index (χ0n) is 9.87. The van der Waals surface area contributed by atoms with Crippen LogP contribution in [0.25, 0.3) is 0 Å². The highest BCUT2D eigenvalue weighted by atomic mass is 16.6. The number of methoxy groups -OCH3 is 1. The van der Waals surface area contributed by atoms with E-state index in [1.807, 2.05) is 0 Å². The molecule has 0 aromatic rings. The van der Waals surface area contributed by atoms with E-state index >= 15 is 0 Å². The summed E-state index contributed by atoms with van der Waals surface area (Å²) in [7, 11) is 1.63. The number of esters is 1. The van der Waals surface area contributed by atoms with Crippen molar-refractivity contribution in [2.24, 2.45) is 0 Å². The van der Waals surface area contributed by atoms with Gasteiger partial charge in [-0.1, -0.05) is 0 Å². The molecule has 0 aromatic carbocycles. The summed E-state index contributed by atoms with van der Waals surface area (Å²) < 4.78 is 15.3. The molecule has 94 valence electrons. The van der Waals surface area contributed by atoms with E-state index in [2.05, 4.69) is 5.32 Å². The van der Waals surface area contributed by atoms with Gasteiger partial charge in [-0.25, -0.2) is 4.79 Å².